The Balaban J connectivity index is 1.84. The number of rotatable bonds is 13. The molecule has 3 N–H and O–H groups in total. The molecule has 2 aromatic rings. The van der Waals surface area contributed by atoms with Crippen molar-refractivity contribution in [1.29, 1.82) is 0 Å². The second kappa shape index (κ2) is 12.8. The van der Waals surface area contributed by atoms with Gasteiger partial charge in [-0.2, -0.15) is 0 Å². The normalized spacial score (nSPS) is 11.1. The molecule has 0 saturated carbocycles. The van der Waals surface area contributed by atoms with Crippen LogP contribution in [-0.4, -0.2) is 67.0 Å². The van der Waals surface area contributed by atoms with E-state index in [4.69, 9.17) is 19.9 Å². The largest absolute Gasteiger partial charge is 0.491 e. The summed E-state index contributed by atoms with van der Waals surface area (Å²) in [5, 5.41) is 0. The quantitative estimate of drug-likeness (QED) is 0.326. The van der Waals surface area contributed by atoms with Gasteiger partial charge in [0.1, 0.15) is 12.4 Å². The van der Waals surface area contributed by atoms with Crippen LogP contribution in [0.15, 0.2) is 53.4 Å². The molecular weight excluding hydrogens is 440 g/mol. The molecule has 0 aliphatic rings. The van der Waals surface area contributed by atoms with Gasteiger partial charge in [-0.05, 0) is 48.5 Å². The van der Waals surface area contributed by atoms with E-state index in [1.807, 2.05) is 4.72 Å². The Morgan fingerprint density at radius 2 is 1.41 bits per heavy atom. The van der Waals surface area contributed by atoms with Crippen molar-refractivity contribution in [3.05, 3.63) is 59.7 Å². The third-order valence-electron chi connectivity index (χ3n) is 4.06. The highest BCUT2D eigenvalue weighted by atomic mass is 32.2. The van der Waals surface area contributed by atoms with E-state index in [1.54, 1.807) is 0 Å². The number of benzene rings is 2. The summed E-state index contributed by atoms with van der Waals surface area (Å²) in [7, 11) is -2.85. The average molecular weight is 467 g/mol. The van der Waals surface area contributed by atoms with Crippen molar-refractivity contribution in [2.24, 2.45) is 5.73 Å². The minimum Gasteiger partial charge on any atom is -0.491 e. The molecule has 0 bridgehead atoms. The summed E-state index contributed by atoms with van der Waals surface area (Å²) in [6, 6.07) is 11.0. The molecular formula is C21H26N2O8S. The van der Waals surface area contributed by atoms with Gasteiger partial charge in [-0.1, -0.05) is 0 Å². The second-order valence-corrected chi connectivity index (χ2v) is 8.02. The molecule has 1 amide bonds. The highest BCUT2D eigenvalue weighted by Gasteiger charge is 2.19. The van der Waals surface area contributed by atoms with E-state index in [9.17, 15) is 18.0 Å². The van der Waals surface area contributed by atoms with Crippen LogP contribution in [0, 0.1) is 0 Å². The third-order valence-corrected chi connectivity index (χ3v) is 5.41. The summed E-state index contributed by atoms with van der Waals surface area (Å²) < 4.78 is 47.5. The fraction of sp³-hybridized carbons (Fsp3) is 0.333. The summed E-state index contributed by atoms with van der Waals surface area (Å²) in [5.41, 5.74) is 5.63. The molecule has 2 rings (SSSR count). The zero-order valence-electron chi connectivity index (χ0n) is 17.6. The number of esters is 1. The number of sulfonamides is 1. The number of carbonyl (C=O) groups is 2. The molecule has 32 heavy (non-hydrogen) atoms. The monoisotopic (exact) mass is 466 g/mol. The third kappa shape index (κ3) is 7.93. The SMILES string of the molecule is COC(=O)c1ccc(C(=O)NS(=O)(=O)c2ccc(OCCOCCOCCN)cc2)cc1. The van der Waals surface area contributed by atoms with E-state index in [-0.39, 0.29) is 22.6 Å². The molecule has 0 aliphatic heterocycles. The van der Waals surface area contributed by atoms with Crippen LogP contribution in [0.4, 0.5) is 0 Å². The van der Waals surface area contributed by atoms with E-state index in [0.29, 0.717) is 38.7 Å². The molecule has 0 spiro atoms. The van der Waals surface area contributed by atoms with Crippen molar-refractivity contribution in [1.82, 2.24) is 4.72 Å². The molecule has 0 aromatic heterocycles. The molecule has 0 saturated heterocycles. The van der Waals surface area contributed by atoms with Gasteiger partial charge in [0.2, 0.25) is 0 Å². The van der Waals surface area contributed by atoms with E-state index in [2.05, 4.69) is 4.74 Å². The van der Waals surface area contributed by atoms with Crippen LogP contribution in [-0.2, 0) is 24.2 Å². The number of methoxy groups -OCH3 is 1. The van der Waals surface area contributed by atoms with Crippen molar-refractivity contribution in [2.45, 2.75) is 4.90 Å². The molecule has 0 radical (unpaired) electrons. The summed E-state index contributed by atoms with van der Waals surface area (Å²) in [6.07, 6.45) is 0. The predicted octanol–water partition coefficient (Wildman–Crippen LogP) is 0.963. The lowest BCUT2D eigenvalue weighted by atomic mass is 10.1. The number of hydrogen-bond donors (Lipinski definition) is 2. The topological polar surface area (TPSA) is 143 Å². The number of nitrogens with one attached hydrogen (secondary N) is 1. The van der Waals surface area contributed by atoms with Crippen LogP contribution in [0.3, 0.4) is 0 Å². The average Bonchev–Trinajstić information content (AvgIpc) is 2.80. The zero-order chi connectivity index (χ0) is 23.4. The van der Waals surface area contributed by atoms with Crippen LogP contribution in [0.5, 0.6) is 5.75 Å². The molecule has 10 nitrogen and oxygen atoms in total. The number of nitrogens with two attached hydrogens (primary N) is 1. The lowest BCUT2D eigenvalue weighted by molar-refractivity contribution is 0.0388. The van der Waals surface area contributed by atoms with Crippen molar-refractivity contribution < 1.29 is 37.0 Å². The van der Waals surface area contributed by atoms with E-state index in [1.165, 1.54) is 55.6 Å². The van der Waals surface area contributed by atoms with Gasteiger partial charge in [-0.25, -0.2) is 17.9 Å². The molecule has 0 heterocycles. The first-order valence-corrected chi connectivity index (χ1v) is 11.2. The fourth-order valence-electron chi connectivity index (χ4n) is 2.45. The van der Waals surface area contributed by atoms with Crippen molar-refractivity contribution in [2.75, 3.05) is 46.7 Å². The van der Waals surface area contributed by atoms with Crippen LogP contribution in [0.25, 0.3) is 0 Å². The molecule has 174 valence electrons. The molecule has 0 aliphatic carbocycles. The zero-order valence-corrected chi connectivity index (χ0v) is 18.4. The van der Waals surface area contributed by atoms with Gasteiger partial charge in [0.05, 0.1) is 44.0 Å². The van der Waals surface area contributed by atoms with E-state index in [0.717, 1.165) is 0 Å². The Bertz CT molecular complexity index is 976. The van der Waals surface area contributed by atoms with Crippen LogP contribution in [0.1, 0.15) is 20.7 Å². The summed E-state index contributed by atoms with van der Waals surface area (Å²) in [6.45, 7) is 2.44. The van der Waals surface area contributed by atoms with Gasteiger partial charge in [-0.3, -0.25) is 4.79 Å². The van der Waals surface area contributed by atoms with Crippen LogP contribution < -0.4 is 15.2 Å². The highest BCUT2D eigenvalue weighted by Crippen LogP contribution is 2.16. The first-order valence-electron chi connectivity index (χ1n) is 9.71. The van der Waals surface area contributed by atoms with Gasteiger partial charge in [-0.15, -0.1) is 0 Å². The first-order chi connectivity index (χ1) is 15.4. The van der Waals surface area contributed by atoms with E-state index < -0.39 is 21.9 Å². The maximum atomic E-state index is 12.5. The Kier molecular flexibility index (Phi) is 10.1. The number of amides is 1. The summed E-state index contributed by atoms with van der Waals surface area (Å²) in [5.74, 6) is -0.930. The smallest absolute Gasteiger partial charge is 0.337 e. The number of hydrogen-bond acceptors (Lipinski definition) is 9. The maximum Gasteiger partial charge on any atom is 0.337 e. The number of ether oxygens (including phenoxy) is 4. The standard InChI is InChI=1S/C21H26N2O8S/c1-28-21(25)17-4-2-16(3-5-17)20(24)23-32(26,27)19-8-6-18(7-9-19)31-15-14-30-13-12-29-11-10-22/h2-9H,10-15,22H2,1H3,(H,23,24). The van der Waals surface area contributed by atoms with Crippen molar-refractivity contribution in [3.8, 4) is 5.75 Å². The minimum absolute atomic E-state index is 0.0783. The van der Waals surface area contributed by atoms with E-state index >= 15 is 0 Å². The Hall–Kier alpha value is -2.99. The van der Waals surface area contributed by atoms with Crippen molar-refractivity contribution >= 4 is 21.9 Å². The minimum atomic E-state index is -4.09. The van der Waals surface area contributed by atoms with Gasteiger partial charge in [0.15, 0.2) is 0 Å². The Labute approximate surface area is 186 Å². The Morgan fingerprint density at radius 1 is 0.844 bits per heavy atom. The molecule has 0 fully saturated rings. The lowest BCUT2D eigenvalue weighted by Gasteiger charge is -2.10. The second-order valence-electron chi connectivity index (χ2n) is 6.34. The van der Waals surface area contributed by atoms with Gasteiger partial charge < -0.3 is 24.7 Å². The number of carbonyl (C=O) groups excluding carboxylic acids is 2. The van der Waals surface area contributed by atoms with Crippen LogP contribution >= 0.6 is 0 Å². The maximum absolute atomic E-state index is 12.5. The molecule has 11 heteroatoms. The van der Waals surface area contributed by atoms with Gasteiger partial charge in [0.25, 0.3) is 15.9 Å². The lowest BCUT2D eigenvalue weighted by Crippen LogP contribution is -2.30. The van der Waals surface area contributed by atoms with Crippen molar-refractivity contribution in [3.63, 3.8) is 0 Å². The molecule has 2 aromatic carbocycles. The van der Waals surface area contributed by atoms with Gasteiger partial charge in [0, 0.05) is 12.1 Å². The Morgan fingerprint density at radius 3 is 2.00 bits per heavy atom. The summed E-state index contributed by atoms with van der Waals surface area (Å²) >= 11 is 0. The molecule has 0 unspecified atom stereocenters. The fourth-order valence-corrected chi connectivity index (χ4v) is 3.43. The summed E-state index contributed by atoms with van der Waals surface area (Å²) in [4.78, 5) is 23.6. The predicted molar refractivity (Wildman–Crippen MR) is 115 cm³/mol. The first kappa shape index (κ1) is 25.3. The van der Waals surface area contributed by atoms with Crippen LogP contribution in [0.2, 0.25) is 0 Å². The highest BCUT2D eigenvalue weighted by molar-refractivity contribution is 7.90. The molecule has 0 atom stereocenters. The van der Waals surface area contributed by atoms with Gasteiger partial charge >= 0.3 is 5.97 Å².